The monoisotopic (exact) mass is 248 g/mol. The second-order valence-electron chi connectivity index (χ2n) is 3.64. The number of nitrogens with zero attached hydrogens (tertiary/aromatic N) is 2. The Morgan fingerprint density at radius 3 is 2.78 bits per heavy atom. The minimum Gasteiger partial charge on any atom is -0.450 e. The Morgan fingerprint density at radius 2 is 2.11 bits per heavy atom. The summed E-state index contributed by atoms with van der Waals surface area (Å²) < 4.78 is 18.2. The van der Waals surface area contributed by atoms with Crippen LogP contribution in [0.3, 0.4) is 0 Å². The Bertz CT molecular complexity index is 602. The Kier molecular flexibility index (Phi) is 3.18. The van der Waals surface area contributed by atoms with Gasteiger partial charge in [0.05, 0.1) is 4.92 Å². The average Bonchev–Trinajstić information content (AvgIpc) is 2.31. The quantitative estimate of drug-likeness (QED) is 0.475. The van der Waals surface area contributed by atoms with E-state index in [1.807, 2.05) is 0 Å². The van der Waals surface area contributed by atoms with Crippen molar-refractivity contribution in [2.75, 3.05) is 0 Å². The molecule has 0 aliphatic heterocycles. The van der Waals surface area contributed by atoms with Crippen LogP contribution in [0.4, 0.5) is 10.1 Å². The summed E-state index contributed by atoms with van der Waals surface area (Å²) in [7, 11) is 0. The van der Waals surface area contributed by atoms with Gasteiger partial charge in [0.15, 0.2) is 0 Å². The standard InChI is InChI=1S/C12H9FN2O3/c1-8-2-3-11(10(6-8)15(16)17)18-9-4-5-14-12(13)7-9/h2-7H,1H3. The third kappa shape index (κ3) is 2.60. The molecule has 2 aromatic rings. The fourth-order valence-electron chi connectivity index (χ4n) is 1.43. The summed E-state index contributed by atoms with van der Waals surface area (Å²) in [6.07, 6.45) is 1.23. The summed E-state index contributed by atoms with van der Waals surface area (Å²) in [5.41, 5.74) is 0.585. The van der Waals surface area contributed by atoms with Gasteiger partial charge in [0, 0.05) is 18.3 Å². The van der Waals surface area contributed by atoms with E-state index >= 15 is 0 Å². The van der Waals surface area contributed by atoms with E-state index in [1.165, 1.54) is 24.4 Å². The molecule has 6 heteroatoms. The predicted molar refractivity (Wildman–Crippen MR) is 62.1 cm³/mol. The lowest BCUT2D eigenvalue weighted by molar-refractivity contribution is -0.385. The molecule has 5 nitrogen and oxygen atoms in total. The molecule has 0 unspecified atom stereocenters. The van der Waals surface area contributed by atoms with Gasteiger partial charge < -0.3 is 4.74 Å². The van der Waals surface area contributed by atoms with Gasteiger partial charge in [0.1, 0.15) is 5.75 Å². The van der Waals surface area contributed by atoms with E-state index in [0.29, 0.717) is 0 Å². The van der Waals surface area contributed by atoms with E-state index in [4.69, 9.17) is 4.74 Å². The number of pyridine rings is 1. The van der Waals surface area contributed by atoms with Crippen molar-refractivity contribution < 1.29 is 14.1 Å². The average molecular weight is 248 g/mol. The fourth-order valence-corrected chi connectivity index (χ4v) is 1.43. The second-order valence-corrected chi connectivity index (χ2v) is 3.64. The molecular formula is C12H9FN2O3. The van der Waals surface area contributed by atoms with Gasteiger partial charge in [-0.05, 0) is 24.6 Å². The van der Waals surface area contributed by atoms with Crippen molar-refractivity contribution in [1.29, 1.82) is 0 Å². The zero-order valence-electron chi connectivity index (χ0n) is 9.46. The summed E-state index contributed by atoms with van der Waals surface area (Å²) >= 11 is 0. The van der Waals surface area contributed by atoms with Crippen molar-refractivity contribution in [3.63, 3.8) is 0 Å². The zero-order chi connectivity index (χ0) is 13.1. The lowest BCUT2D eigenvalue weighted by Crippen LogP contribution is -1.94. The molecule has 1 heterocycles. The van der Waals surface area contributed by atoms with Crippen LogP contribution in [-0.4, -0.2) is 9.91 Å². The first kappa shape index (κ1) is 12.0. The molecule has 0 saturated carbocycles. The molecule has 0 aliphatic carbocycles. The number of nitro groups is 1. The number of ether oxygens (including phenoxy) is 1. The number of hydrogen-bond donors (Lipinski definition) is 0. The third-order valence-electron chi connectivity index (χ3n) is 2.24. The van der Waals surface area contributed by atoms with Gasteiger partial charge in [0.25, 0.3) is 0 Å². The summed E-state index contributed by atoms with van der Waals surface area (Å²) in [5, 5.41) is 10.9. The maximum atomic E-state index is 12.9. The van der Waals surface area contributed by atoms with E-state index < -0.39 is 10.9 Å². The molecule has 1 aromatic carbocycles. The Labute approximate surface area is 102 Å². The first-order valence-corrected chi connectivity index (χ1v) is 5.11. The number of aryl methyl sites for hydroxylation is 1. The first-order valence-electron chi connectivity index (χ1n) is 5.11. The normalized spacial score (nSPS) is 10.1. The molecule has 0 aliphatic rings. The van der Waals surface area contributed by atoms with Gasteiger partial charge >= 0.3 is 5.69 Å². The Morgan fingerprint density at radius 1 is 1.33 bits per heavy atom. The SMILES string of the molecule is Cc1ccc(Oc2ccnc(F)c2)c([N+](=O)[O-])c1. The minimum atomic E-state index is -0.706. The van der Waals surface area contributed by atoms with Crippen LogP contribution in [0, 0.1) is 23.0 Å². The van der Waals surface area contributed by atoms with Crippen LogP contribution in [0.25, 0.3) is 0 Å². The highest BCUT2D eigenvalue weighted by Gasteiger charge is 2.16. The third-order valence-corrected chi connectivity index (χ3v) is 2.24. The van der Waals surface area contributed by atoms with Gasteiger partial charge in [-0.15, -0.1) is 0 Å². The van der Waals surface area contributed by atoms with Crippen LogP contribution in [0.15, 0.2) is 36.5 Å². The van der Waals surface area contributed by atoms with E-state index in [2.05, 4.69) is 4.98 Å². The van der Waals surface area contributed by atoms with Crippen molar-refractivity contribution in [2.24, 2.45) is 0 Å². The maximum Gasteiger partial charge on any atom is 0.311 e. The highest BCUT2D eigenvalue weighted by molar-refractivity contribution is 5.50. The van der Waals surface area contributed by atoms with Gasteiger partial charge in [-0.2, -0.15) is 4.39 Å². The number of benzene rings is 1. The largest absolute Gasteiger partial charge is 0.450 e. The molecule has 0 bridgehead atoms. The molecule has 18 heavy (non-hydrogen) atoms. The molecule has 0 spiro atoms. The smallest absolute Gasteiger partial charge is 0.311 e. The summed E-state index contributed by atoms with van der Waals surface area (Å²) in [6.45, 7) is 1.74. The van der Waals surface area contributed by atoms with E-state index in [-0.39, 0.29) is 17.2 Å². The number of nitro benzene ring substituents is 1. The molecule has 0 N–H and O–H groups in total. The van der Waals surface area contributed by atoms with Crippen LogP contribution in [0.1, 0.15) is 5.56 Å². The van der Waals surface area contributed by atoms with Crippen LogP contribution in [0.5, 0.6) is 11.5 Å². The van der Waals surface area contributed by atoms with Crippen molar-refractivity contribution in [3.8, 4) is 11.5 Å². The minimum absolute atomic E-state index is 0.0659. The highest BCUT2D eigenvalue weighted by Crippen LogP contribution is 2.31. The zero-order valence-corrected chi connectivity index (χ0v) is 9.46. The van der Waals surface area contributed by atoms with Crippen LogP contribution in [-0.2, 0) is 0 Å². The van der Waals surface area contributed by atoms with Gasteiger partial charge in [0.2, 0.25) is 11.7 Å². The van der Waals surface area contributed by atoms with E-state index in [1.54, 1.807) is 13.0 Å². The second kappa shape index (κ2) is 4.79. The van der Waals surface area contributed by atoms with E-state index in [0.717, 1.165) is 11.6 Å². The molecule has 0 fully saturated rings. The molecule has 0 amide bonds. The number of rotatable bonds is 3. The van der Waals surface area contributed by atoms with Crippen molar-refractivity contribution in [2.45, 2.75) is 6.92 Å². The lowest BCUT2D eigenvalue weighted by Gasteiger charge is -2.06. The summed E-state index contributed by atoms with van der Waals surface area (Å²) in [5.74, 6) is -0.479. The van der Waals surface area contributed by atoms with Crippen molar-refractivity contribution in [1.82, 2.24) is 4.98 Å². The number of hydrogen-bond acceptors (Lipinski definition) is 4. The van der Waals surface area contributed by atoms with Crippen LogP contribution < -0.4 is 4.74 Å². The fraction of sp³-hybridized carbons (Fsp3) is 0.0833. The van der Waals surface area contributed by atoms with Gasteiger partial charge in [-0.3, -0.25) is 10.1 Å². The molecule has 2 rings (SSSR count). The van der Waals surface area contributed by atoms with Crippen molar-refractivity contribution in [3.05, 3.63) is 58.2 Å². The molecule has 92 valence electrons. The topological polar surface area (TPSA) is 65.3 Å². The van der Waals surface area contributed by atoms with E-state index in [9.17, 15) is 14.5 Å². The summed E-state index contributed by atoms with van der Waals surface area (Å²) in [4.78, 5) is 13.7. The van der Waals surface area contributed by atoms with Crippen molar-refractivity contribution >= 4 is 5.69 Å². The Hall–Kier alpha value is -2.50. The van der Waals surface area contributed by atoms with Gasteiger partial charge in [-0.1, -0.05) is 6.07 Å². The summed E-state index contributed by atoms with van der Waals surface area (Å²) in [6, 6.07) is 7.04. The Balaban J connectivity index is 2.37. The number of aromatic nitrogens is 1. The first-order chi connectivity index (χ1) is 8.56. The number of halogens is 1. The maximum absolute atomic E-state index is 12.9. The molecular weight excluding hydrogens is 239 g/mol. The molecule has 0 atom stereocenters. The molecule has 0 radical (unpaired) electrons. The highest BCUT2D eigenvalue weighted by atomic mass is 19.1. The van der Waals surface area contributed by atoms with Crippen LogP contribution >= 0.6 is 0 Å². The van der Waals surface area contributed by atoms with Gasteiger partial charge in [-0.25, -0.2) is 4.98 Å². The molecule has 1 aromatic heterocycles. The predicted octanol–water partition coefficient (Wildman–Crippen LogP) is 3.23. The van der Waals surface area contributed by atoms with Crippen LogP contribution in [0.2, 0.25) is 0 Å². The lowest BCUT2D eigenvalue weighted by atomic mass is 10.2. The molecule has 0 saturated heterocycles.